The summed E-state index contributed by atoms with van der Waals surface area (Å²) in [6, 6.07) is 14.6. The van der Waals surface area contributed by atoms with Crippen molar-refractivity contribution in [3.05, 3.63) is 65.9 Å². The number of methoxy groups -OCH3 is 2. The molecule has 4 nitrogen and oxygen atoms in total. The molecule has 0 fully saturated rings. The number of hydrogen-bond acceptors (Lipinski definition) is 4. The summed E-state index contributed by atoms with van der Waals surface area (Å²) in [5, 5.41) is 0.808. The van der Waals surface area contributed by atoms with Crippen molar-refractivity contribution in [2.24, 2.45) is 0 Å². The first-order valence-electron chi connectivity index (χ1n) is 6.85. The van der Waals surface area contributed by atoms with E-state index in [1.807, 2.05) is 24.3 Å². The number of aromatic nitrogens is 1. The molecule has 0 saturated carbocycles. The van der Waals surface area contributed by atoms with Gasteiger partial charge in [-0.2, -0.15) is 0 Å². The standard InChI is InChI=1S/C18H15NO3/c1-21-15-8-5-9-16(22-2)17(15)18(20)13-10-11-19-14-7-4-3-6-12(13)14/h3-11H,1-2H3. The van der Waals surface area contributed by atoms with Crippen molar-refractivity contribution >= 4 is 16.7 Å². The molecule has 1 heterocycles. The number of para-hydroxylation sites is 1. The topological polar surface area (TPSA) is 48.4 Å². The summed E-state index contributed by atoms with van der Waals surface area (Å²) in [4.78, 5) is 17.3. The second-order valence-electron chi connectivity index (χ2n) is 4.74. The zero-order chi connectivity index (χ0) is 15.5. The molecule has 22 heavy (non-hydrogen) atoms. The van der Waals surface area contributed by atoms with Crippen LogP contribution in [-0.4, -0.2) is 25.0 Å². The van der Waals surface area contributed by atoms with Gasteiger partial charge >= 0.3 is 0 Å². The third-order valence-corrected chi connectivity index (χ3v) is 3.55. The van der Waals surface area contributed by atoms with E-state index in [4.69, 9.17) is 9.47 Å². The summed E-state index contributed by atoms with van der Waals surface area (Å²) in [7, 11) is 3.08. The largest absolute Gasteiger partial charge is 0.496 e. The highest BCUT2D eigenvalue weighted by atomic mass is 16.5. The summed E-state index contributed by atoms with van der Waals surface area (Å²) in [5.41, 5.74) is 1.78. The molecule has 0 atom stereocenters. The van der Waals surface area contributed by atoms with Gasteiger partial charge < -0.3 is 9.47 Å². The Bertz CT molecular complexity index is 815. The Kier molecular flexibility index (Phi) is 3.74. The van der Waals surface area contributed by atoms with Gasteiger partial charge in [-0.25, -0.2) is 0 Å². The fraction of sp³-hybridized carbons (Fsp3) is 0.111. The quantitative estimate of drug-likeness (QED) is 0.691. The maximum absolute atomic E-state index is 13.0. The molecule has 0 N–H and O–H groups in total. The van der Waals surface area contributed by atoms with Crippen molar-refractivity contribution in [1.29, 1.82) is 0 Å². The van der Waals surface area contributed by atoms with Crippen molar-refractivity contribution in [2.75, 3.05) is 14.2 Å². The molecule has 0 radical (unpaired) electrons. The van der Waals surface area contributed by atoms with Crippen LogP contribution in [0.5, 0.6) is 11.5 Å². The van der Waals surface area contributed by atoms with E-state index in [0.717, 1.165) is 10.9 Å². The molecule has 0 amide bonds. The molecule has 1 aromatic heterocycles. The number of fused-ring (bicyclic) bond motifs is 1. The van der Waals surface area contributed by atoms with Crippen LogP contribution in [-0.2, 0) is 0 Å². The molecule has 3 rings (SSSR count). The lowest BCUT2D eigenvalue weighted by atomic mass is 9.98. The van der Waals surface area contributed by atoms with Crippen molar-refractivity contribution in [2.45, 2.75) is 0 Å². The Labute approximate surface area is 128 Å². The predicted octanol–water partition coefficient (Wildman–Crippen LogP) is 3.48. The van der Waals surface area contributed by atoms with Crippen LogP contribution in [0.25, 0.3) is 10.9 Å². The molecule has 110 valence electrons. The minimum absolute atomic E-state index is 0.145. The molecule has 0 aliphatic carbocycles. The molecule has 3 aromatic rings. The smallest absolute Gasteiger partial charge is 0.201 e. The molecule has 0 spiro atoms. The number of hydrogen-bond donors (Lipinski definition) is 0. The first-order valence-corrected chi connectivity index (χ1v) is 6.85. The molecule has 0 bridgehead atoms. The second kappa shape index (κ2) is 5.85. The van der Waals surface area contributed by atoms with Gasteiger partial charge in [-0.1, -0.05) is 24.3 Å². The van der Waals surface area contributed by atoms with Crippen LogP contribution in [0.2, 0.25) is 0 Å². The predicted molar refractivity (Wildman–Crippen MR) is 84.7 cm³/mol. The Morgan fingerprint density at radius 1 is 0.909 bits per heavy atom. The van der Waals surface area contributed by atoms with Gasteiger partial charge in [0.15, 0.2) is 0 Å². The summed E-state index contributed by atoms with van der Waals surface area (Å²) in [6.07, 6.45) is 1.64. The number of pyridine rings is 1. The van der Waals surface area contributed by atoms with Crippen LogP contribution in [0, 0.1) is 0 Å². The van der Waals surface area contributed by atoms with E-state index >= 15 is 0 Å². The van der Waals surface area contributed by atoms with Crippen molar-refractivity contribution in [3.63, 3.8) is 0 Å². The molecular weight excluding hydrogens is 278 g/mol. The van der Waals surface area contributed by atoms with E-state index < -0.39 is 0 Å². The summed E-state index contributed by atoms with van der Waals surface area (Å²) < 4.78 is 10.7. The molecule has 4 heteroatoms. The number of rotatable bonds is 4. The lowest BCUT2D eigenvalue weighted by molar-refractivity contribution is 0.103. The Hall–Kier alpha value is -2.88. The number of carbonyl (C=O) groups is 1. The number of ether oxygens (including phenoxy) is 2. The van der Waals surface area contributed by atoms with Gasteiger partial charge in [0.2, 0.25) is 5.78 Å². The van der Waals surface area contributed by atoms with Crippen LogP contribution < -0.4 is 9.47 Å². The van der Waals surface area contributed by atoms with Gasteiger partial charge in [0, 0.05) is 17.1 Å². The lowest BCUT2D eigenvalue weighted by Gasteiger charge is -2.13. The molecule has 0 saturated heterocycles. The second-order valence-corrected chi connectivity index (χ2v) is 4.74. The minimum atomic E-state index is -0.145. The summed E-state index contributed by atoms with van der Waals surface area (Å²) in [5.74, 6) is 0.836. The number of carbonyl (C=O) groups excluding carboxylic acids is 1. The number of benzene rings is 2. The van der Waals surface area contributed by atoms with E-state index in [1.165, 1.54) is 14.2 Å². The fourth-order valence-corrected chi connectivity index (χ4v) is 2.50. The van der Waals surface area contributed by atoms with E-state index in [1.54, 1.807) is 30.5 Å². The SMILES string of the molecule is COc1cccc(OC)c1C(=O)c1ccnc2ccccc12. The van der Waals surface area contributed by atoms with E-state index in [9.17, 15) is 4.79 Å². The van der Waals surface area contributed by atoms with E-state index in [2.05, 4.69) is 4.98 Å². The Balaban J connectivity index is 2.23. The highest BCUT2D eigenvalue weighted by Gasteiger charge is 2.21. The highest BCUT2D eigenvalue weighted by molar-refractivity contribution is 6.18. The molecular formula is C18H15NO3. The van der Waals surface area contributed by atoms with Crippen molar-refractivity contribution in [1.82, 2.24) is 4.98 Å². The van der Waals surface area contributed by atoms with Crippen LogP contribution >= 0.6 is 0 Å². The first kappa shape index (κ1) is 14.1. The highest BCUT2D eigenvalue weighted by Crippen LogP contribution is 2.32. The lowest BCUT2D eigenvalue weighted by Crippen LogP contribution is -2.07. The Morgan fingerprint density at radius 3 is 2.27 bits per heavy atom. The van der Waals surface area contributed by atoms with Crippen LogP contribution in [0.1, 0.15) is 15.9 Å². The maximum Gasteiger partial charge on any atom is 0.201 e. The fourth-order valence-electron chi connectivity index (χ4n) is 2.50. The molecule has 2 aromatic carbocycles. The summed E-state index contributed by atoms with van der Waals surface area (Å²) >= 11 is 0. The Morgan fingerprint density at radius 2 is 1.59 bits per heavy atom. The minimum Gasteiger partial charge on any atom is -0.496 e. The van der Waals surface area contributed by atoms with Gasteiger partial charge in [-0.15, -0.1) is 0 Å². The van der Waals surface area contributed by atoms with Crippen LogP contribution in [0.3, 0.4) is 0 Å². The molecule has 0 aliphatic rings. The van der Waals surface area contributed by atoms with Crippen LogP contribution in [0.4, 0.5) is 0 Å². The van der Waals surface area contributed by atoms with Crippen LogP contribution in [0.15, 0.2) is 54.7 Å². The molecule has 0 aliphatic heterocycles. The summed E-state index contributed by atoms with van der Waals surface area (Å²) in [6.45, 7) is 0. The number of ketones is 1. The zero-order valence-electron chi connectivity index (χ0n) is 12.4. The monoisotopic (exact) mass is 293 g/mol. The third kappa shape index (κ3) is 2.29. The van der Waals surface area contributed by atoms with Gasteiger partial charge in [0.05, 0.1) is 19.7 Å². The normalized spacial score (nSPS) is 10.5. The average Bonchev–Trinajstić information content (AvgIpc) is 2.59. The maximum atomic E-state index is 13.0. The molecule has 0 unspecified atom stereocenters. The van der Waals surface area contributed by atoms with E-state index in [-0.39, 0.29) is 5.78 Å². The number of nitrogens with zero attached hydrogens (tertiary/aromatic N) is 1. The van der Waals surface area contributed by atoms with Crippen molar-refractivity contribution < 1.29 is 14.3 Å². The first-order chi connectivity index (χ1) is 10.8. The zero-order valence-corrected chi connectivity index (χ0v) is 12.4. The van der Waals surface area contributed by atoms with Gasteiger partial charge in [0.25, 0.3) is 0 Å². The van der Waals surface area contributed by atoms with Gasteiger partial charge in [-0.05, 0) is 24.3 Å². The van der Waals surface area contributed by atoms with Crippen molar-refractivity contribution in [3.8, 4) is 11.5 Å². The third-order valence-electron chi connectivity index (χ3n) is 3.55. The average molecular weight is 293 g/mol. The van der Waals surface area contributed by atoms with Gasteiger partial charge in [-0.3, -0.25) is 9.78 Å². The van der Waals surface area contributed by atoms with Gasteiger partial charge in [0.1, 0.15) is 17.1 Å². The van der Waals surface area contributed by atoms with E-state index in [0.29, 0.717) is 22.6 Å².